The van der Waals surface area contributed by atoms with Crippen molar-refractivity contribution < 1.29 is 4.84 Å². The van der Waals surface area contributed by atoms with Gasteiger partial charge in [0.2, 0.25) is 0 Å². The third kappa shape index (κ3) is 1.57. The molecule has 96 valence electrons. The van der Waals surface area contributed by atoms with Crippen molar-refractivity contribution in [3.8, 4) is 11.1 Å². The zero-order chi connectivity index (χ0) is 12.8. The fourth-order valence-corrected chi connectivity index (χ4v) is 3.58. The highest BCUT2D eigenvalue weighted by atomic mass is 16.7. The molecule has 2 aliphatic rings. The van der Waals surface area contributed by atoms with E-state index in [-0.39, 0.29) is 0 Å². The maximum Gasteiger partial charge on any atom is 0.0651 e. The SMILES string of the molecule is CON1CCc2cccc3c2C1Cc1ccccc1-3. The number of hydrogen-bond donors (Lipinski definition) is 0. The zero-order valence-corrected chi connectivity index (χ0v) is 11.1. The molecule has 0 amide bonds. The Kier molecular flexibility index (Phi) is 2.47. The summed E-state index contributed by atoms with van der Waals surface area (Å²) in [5.74, 6) is 0. The number of hydroxylamine groups is 2. The van der Waals surface area contributed by atoms with Crippen molar-refractivity contribution in [3.63, 3.8) is 0 Å². The standard InChI is InChI=1S/C17H17NO/c1-19-18-10-9-12-6-4-8-15-14-7-3-2-5-13(14)11-16(18)17(12)15/h2-8,16H,9-11H2,1H3. The molecule has 2 aromatic carbocycles. The van der Waals surface area contributed by atoms with Gasteiger partial charge in [-0.15, -0.1) is 0 Å². The summed E-state index contributed by atoms with van der Waals surface area (Å²) in [4.78, 5) is 5.59. The lowest BCUT2D eigenvalue weighted by atomic mass is 9.78. The summed E-state index contributed by atoms with van der Waals surface area (Å²) in [6.45, 7) is 0.986. The van der Waals surface area contributed by atoms with Gasteiger partial charge in [-0.2, -0.15) is 5.06 Å². The molecule has 0 fully saturated rings. The topological polar surface area (TPSA) is 12.5 Å². The molecule has 2 heteroatoms. The van der Waals surface area contributed by atoms with Crippen molar-refractivity contribution >= 4 is 0 Å². The number of hydrogen-bond acceptors (Lipinski definition) is 2. The summed E-state index contributed by atoms with van der Waals surface area (Å²) in [6, 6.07) is 15.8. The molecule has 4 rings (SSSR count). The van der Waals surface area contributed by atoms with E-state index < -0.39 is 0 Å². The molecular weight excluding hydrogens is 234 g/mol. The van der Waals surface area contributed by atoms with Crippen LogP contribution >= 0.6 is 0 Å². The van der Waals surface area contributed by atoms with Crippen LogP contribution in [0.15, 0.2) is 42.5 Å². The Labute approximate surface area is 113 Å². The molecule has 0 spiro atoms. The van der Waals surface area contributed by atoms with Crippen molar-refractivity contribution in [3.05, 3.63) is 59.2 Å². The molecular formula is C17H17NO. The van der Waals surface area contributed by atoms with E-state index in [2.05, 4.69) is 47.5 Å². The van der Waals surface area contributed by atoms with E-state index in [1.165, 1.54) is 27.8 Å². The molecule has 0 saturated carbocycles. The van der Waals surface area contributed by atoms with Crippen LogP contribution in [-0.2, 0) is 17.7 Å². The first-order valence-electron chi connectivity index (χ1n) is 6.89. The van der Waals surface area contributed by atoms with Crippen LogP contribution in [0, 0.1) is 0 Å². The smallest absolute Gasteiger partial charge is 0.0651 e. The van der Waals surface area contributed by atoms with Crippen LogP contribution < -0.4 is 0 Å². The van der Waals surface area contributed by atoms with E-state index in [1.54, 1.807) is 7.11 Å². The third-order valence-electron chi connectivity index (χ3n) is 4.43. The van der Waals surface area contributed by atoms with Crippen molar-refractivity contribution in [1.82, 2.24) is 5.06 Å². The van der Waals surface area contributed by atoms with Gasteiger partial charge in [0.15, 0.2) is 0 Å². The lowest BCUT2D eigenvalue weighted by Crippen LogP contribution is -2.37. The van der Waals surface area contributed by atoms with Gasteiger partial charge in [0, 0.05) is 6.54 Å². The number of fused-ring (bicyclic) bond motifs is 2. The van der Waals surface area contributed by atoms with Gasteiger partial charge in [0.1, 0.15) is 0 Å². The molecule has 0 bridgehead atoms. The van der Waals surface area contributed by atoms with Gasteiger partial charge < -0.3 is 4.84 Å². The Balaban J connectivity index is 1.98. The predicted molar refractivity (Wildman–Crippen MR) is 75.7 cm³/mol. The summed E-state index contributed by atoms with van der Waals surface area (Å²) in [5.41, 5.74) is 7.19. The summed E-state index contributed by atoms with van der Waals surface area (Å²) in [5, 5.41) is 2.14. The average molecular weight is 251 g/mol. The van der Waals surface area contributed by atoms with E-state index in [1.807, 2.05) is 0 Å². The summed E-state index contributed by atoms with van der Waals surface area (Å²) < 4.78 is 0. The van der Waals surface area contributed by atoms with Crippen LogP contribution in [0.1, 0.15) is 22.7 Å². The number of rotatable bonds is 1. The maximum absolute atomic E-state index is 5.59. The highest BCUT2D eigenvalue weighted by Gasteiger charge is 2.34. The first-order chi connectivity index (χ1) is 9.38. The fourth-order valence-electron chi connectivity index (χ4n) is 3.58. The first-order valence-corrected chi connectivity index (χ1v) is 6.89. The molecule has 1 atom stereocenters. The Morgan fingerprint density at radius 1 is 1.00 bits per heavy atom. The lowest BCUT2D eigenvalue weighted by Gasteiger charge is -2.40. The minimum absolute atomic E-state index is 0.375. The first kappa shape index (κ1) is 11.2. The van der Waals surface area contributed by atoms with Crippen LogP contribution in [0.3, 0.4) is 0 Å². The van der Waals surface area contributed by atoms with Crippen LogP contribution in [0.25, 0.3) is 11.1 Å². The van der Waals surface area contributed by atoms with E-state index in [9.17, 15) is 0 Å². The molecule has 2 aromatic rings. The molecule has 1 aliphatic heterocycles. The molecule has 2 nitrogen and oxygen atoms in total. The highest BCUT2D eigenvalue weighted by Crippen LogP contribution is 2.44. The Morgan fingerprint density at radius 3 is 2.68 bits per heavy atom. The number of nitrogens with zero attached hydrogens (tertiary/aromatic N) is 1. The van der Waals surface area contributed by atoms with Gasteiger partial charge in [-0.1, -0.05) is 42.5 Å². The van der Waals surface area contributed by atoms with Crippen molar-refractivity contribution in [2.75, 3.05) is 13.7 Å². The minimum Gasteiger partial charge on any atom is -0.302 e. The third-order valence-corrected chi connectivity index (χ3v) is 4.43. The van der Waals surface area contributed by atoms with Crippen molar-refractivity contribution in [2.45, 2.75) is 18.9 Å². The summed E-state index contributed by atoms with van der Waals surface area (Å²) >= 11 is 0. The molecule has 19 heavy (non-hydrogen) atoms. The van der Waals surface area contributed by atoms with Crippen molar-refractivity contribution in [2.24, 2.45) is 0 Å². The Bertz CT molecular complexity index is 635. The molecule has 1 unspecified atom stereocenters. The summed E-state index contributed by atoms with van der Waals surface area (Å²) in [7, 11) is 1.79. The van der Waals surface area contributed by atoms with E-state index in [0.29, 0.717) is 6.04 Å². The van der Waals surface area contributed by atoms with Gasteiger partial charge in [-0.3, -0.25) is 0 Å². The Hall–Kier alpha value is -1.64. The van der Waals surface area contributed by atoms with Crippen LogP contribution in [0.5, 0.6) is 0 Å². The van der Waals surface area contributed by atoms with Gasteiger partial charge in [-0.05, 0) is 40.7 Å². The molecule has 0 N–H and O–H groups in total. The second-order valence-electron chi connectivity index (χ2n) is 5.33. The molecule has 1 heterocycles. The van der Waals surface area contributed by atoms with E-state index >= 15 is 0 Å². The van der Waals surface area contributed by atoms with Crippen LogP contribution in [0.2, 0.25) is 0 Å². The van der Waals surface area contributed by atoms with Gasteiger partial charge in [0.05, 0.1) is 13.2 Å². The lowest BCUT2D eigenvalue weighted by molar-refractivity contribution is -0.167. The predicted octanol–water partition coefficient (Wildman–Crippen LogP) is 3.37. The highest BCUT2D eigenvalue weighted by molar-refractivity contribution is 5.75. The van der Waals surface area contributed by atoms with Crippen LogP contribution in [0.4, 0.5) is 0 Å². The Morgan fingerprint density at radius 2 is 1.79 bits per heavy atom. The van der Waals surface area contributed by atoms with Crippen molar-refractivity contribution in [1.29, 1.82) is 0 Å². The zero-order valence-electron chi connectivity index (χ0n) is 11.1. The monoisotopic (exact) mass is 251 g/mol. The second kappa shape index (κ2) is 4.19. The normalized spacial score (nSPS) is 20.8. The number of benzene rings is 2. The maximum atomic E-state index is 5.59. The quantitative estimate of drug-likeness (QED) is 0.770. The largest absolute Gasteiger partial charge is 0.302 e. The molecule has 1 aliphatic carbocycles. The van der Waals surface area contributed by atoms with E-state index in [4.69, 9.17) is 4.84 Å². The fraction of sp³-hybridized carbons (Fsp3) is 0.294. The van der Waals surface area contributed by atoms with Gasteiger partial charge in [0.25, 0.3) is 0 Å². The van der Waals surface area contributed by atoms with E-state index in [0.717, 1.165) is 19.4 Å². The van der Waals surface area contributed by atoms with Gasteiger partial charge >= 0.3 is 0 Å². The minimum atomic E-state index is 0.375. The van der Waals surface area contributed by atoms with Crippen LogP contribution in [-0.4, -0.2) is 18.7 Å². The molecule has 0 saturated heterocycles. The molecule has 0 aromatic heterocycles. The van der Waals surface area contributed by atoms with Gasteiger partial charge in [-0.25, -0.2) is 0 Å². The summed E-state index contributed by atoms with van der Waals surface area (Å²) in [6.07, 6.45) is 2.13. The average Bonchev–Trinajstić information content (AvgIpc) is 2.48. The molecule has 0 radical (unpaired) electrons. The second-order valence-corrected chi connectivity index (χ2v) is 5.33.